The summed E-state index contributed by atoms with van der Waals surface area (Å²) in [5, 5.41) is 2.94. The maximum atomic E-state index is 12.2. The Morgan fingerprint density at radius 3 is 2.48 bits per heavy atom. The highest BCUT2D eigenvalue weighted by molar-refractivity contribution is 5.96. The van der Waals surface area contributed by atoms with E-state index in [2.05, 4.69) is 19.2 Å². The fourth-order valence-electron chi connectivity index (χ4n) is 2.32. The van der Waals surface area contributed by atoms with E-state index in [9.17, 15) is 4.79 Å². The summed E-state index contributed by atoms with van der Waals surface area (Å²) >= 11 is 0. The number of nitrogens with two attached hydrogens (primary N) is 1. The Labute approximate surface area is 156 Å². The zero-order valence-corrected chi connectivity index (χ0v) is 15.9. The van der Waals surface area contributed by atoms with Gasteiger partial charge in [-0.15, -0.1) is 12.4 Å². The Balaban J connectivity index is 0.00000312. The highest BCUT2D eigenvalue weighted by Crippen LogP contribution is 2.14. The minimum atomic E-state index is -0.0864. The summed E-state index contributed by atoms with van der Waals surface area (Å²) in [7, 11) is 0. The van der Waals surface area contributed by atoms with Crippen LogP contribution in [0.2, 0.25) is 0 Å². The van der Waals surface area contributed by atoms with Crippen molar-refractivity contribution in [2.45, 2.75) is 27.2 Å². The Morgan fingerprint density at radius 2 is 1.84 bits per heavy atom. The van der Waals surface area contributed by atoms with Crippen LogP contribution in [0.5, 0.6) is 5.75 Å². The van der Waals surface area contributed by atoms with E-state index in [1.807, 2.05) is 37.3 Å². The van der Waals surface area contributed by atoms with Gasteiger partial charge in [0.1, 0.15) is 5.75 Å². The van der Waals surface area contributed by atoms with Crippen LogP contribution in [0.15, 0.2) is 42.5 Å². The van der Waals surface area contributed by atoms with Crippen LogP contribution >= 0.6 is 12.4 Å². The number of nitrogen functional groups attached to an aromatic ring is 1. The molecular weight excluding hydrogens is 336 g/mol. The molecule has 1 amide bonds. The van der Waals surface area contributed by atoms with Crippen LogP contribution in [0.3, 0.4) is 0 Å². The zero-order valence-electron chi connectivity index (χ0n) is 15.0. The lowest BCUT2D eigenvalue weighted by Crippen LogP contribution is -2.26. The van der Waals surface area contributed by atoms with Crippen molar-refractivity contribution in [2.75, 3.05) is 18.9 Å². The third-order valence-electron chi connectivity index (χ3n) is 3.71. The Hall–Kier alpha value is -2.20. The van der Waals surface area contributed by atoms with Crippen LogP contribution in [-0.2, 0) is 6.42 Å². The van der Waals surface area contributed by atoms with Gasteiger partial charge >= 0.3 is 0 Å². The second-order valence-electron chi connectivity index (χ2n) is 6.43. The number of hydrogen-bond acceptors (Lipinski definition) is 3. The molecule has 0 aliphatic heterocycles. The van der Waals surface area contributed by atoms with Gasteiger partial charge in [-0.25, -0.2) is 0 Å². The molecule has 2 aromatic rings. The van der Waals surface area contributed by atoms with E-state index in [-0.39, 0.29) is 18.3 Å². The molecule has 3 N–H and O–H groups in total. The summed E-state index contributed by atoms with van der Waals surface area (Å²) in [6.07, 6.45) is 0.775. The summed E-state index contributed by atoms with van der Waals surface area (Å²) in [6, 6.07) is 13.4. The van der Waals surface area contributed by atoms with Crippen LogP contribution < -0.4 is 15.8 Å². The van der Waals surface area contributed by atoms with Crippen molar-refractivity contribution in [3.63, 3.8) is 0 Å². The van der Waals surface area contributed by atoms with Crippen molar-refractivity contribution >= 4 is 24.0 Å². The quantitative estimate of drug-likeness (QED) is 0.731. The first-order valence-electron chi connectivity index (χ1n) is 8.32. The van der Waals surface area contributed by atoms with E-state index >= 15 is 0 Å². The molecule has 0 bridgehead atoms. The normalized spacial score (nSPS) is 10.2. The Bertz CT molecular complexity index is 685. The summed E-state index contributed by atoms with van der Waals surface area (Å²) in [6.45, 7) is 7.46. The molecule has 5 heteroatoms. The molecule has 25 heavy (non-hydrogen) atoms. The lowest BCUT2D eigenvalue weighted by Gasteiger charge is -2.10. The molecule has 0 aliphatic rings. The van der Waals surface area contributed by atoms with Crippen molar-refractivity contribution in [1.82, 2.24) is 5.32 Å². The molecule has 2 aromatic carbocycles. The number of nitrogens with one attached hydrogen (secondary N) is 1. The van der Waals surface area contributed by atoms with Crippen LogP contribution in [0.4, 0.5) is 5.69 Å². The van der Waals surface area contributed by atoms with E-state index in [1.54, 1.807) is 12.1 Å². The largest absolute Gasteiger partial charge is 0.493 e. The Kier molecular flexibility index (Phi) is 8.29. The molecule has 0 saturated carbocycles. The minimum absolute atomic E-state index is 0. The molecular formula is C20H27ClN2O2. The molecule has 2 rings (SSSR count). The summed E-state index contributed by atoms with van der Waals surface area (Å²) in [5.41, 5.74) is 9.07. The van der Waals surface area contributed by atoms with Gasteiger partial charge in [-0.05, 0) is 54.7 Å². The number of rotatable bonds is 7. The molecule has 0 atom stereocenters. The van der Waals surface area contributed by atoms with Gasteiger partial charge < -0.3 is 15.8 Å². The van der Waals surface area contributed by atoms with Gasteiger partial charge in [0.25, 0.3) is 5.91 Å². The Morgan fingerprint density at radius 1 is 1.16 bits per heavy atom. The van der Waals surface area contributed by atoms with Gasteiger partial charge in [-0.2, -0.15) is 0 Å². The molecule has 0 spiro atoms. The highest BCUT2D eigenvalue weighted by Gasteiger charge is 2.08. The summed E-state index contributed by atoms with van der Waals surface area (Å²) in [4.78, 5) is 12.2. The zero-order chi connectivity index (χ0) is 17.5. The van der Waals surface area contributed by atoms with Crippen LogP contribution in [0.25, 0.3) is 0 Å². The molecule has 0 aromatic heterocycles. The number of carbonyl (C=O) groups excluding carboxylic acids is 1. The second-order valence-corrected chi connectivity index (χ2v) is 6.43. The molecule has 0 aliphatic carbocycles. The predicted molar refractivity (Wildman–Crippen MR) is 106 cm³/mol. The van der Waals surface area contributed by atoms with Gasteiger partial charge in [0.05, 0.1) is 6.61 Å². The van der Waals surface area contributed by atoms with Crippen LogP contribution in [0.1, 0.15) is 35.3 Å². The van der Waals surface area contributed by atoms with Crippen molar-refractivity contribution in [2.24, 2.45) is 5.92 Å². The average Bonchev–Trinajstić information content (AvgIpc) is 2.56. The number of ether oxygens (including phenoxy) is 1. The molecule has 136 valence electrons. The highest BCUT2D eigenvalue weighted by atomic mass is 35.5. The maximum absolute atomic E-state index is 12.2. The van der Waals surface area contributed by atoms with Gasteiger partial charge in [0.2, 0.25) is 0 Å². The molecule has 0 heterocycles. The standard InChI is InChI=1S/C20H26N2O2.ClH/c1-14(2)13-24-18-8-5-16(6-9-18)10-11-22-20(23)19-12-17(21)7-4-15(19)3;/h4-9,12,14H,10-11,13,21H2,1-3H3,(H,22,23);1H. The first-order chi connectivity index (χ1) is 11.5. The van der Waals surface area contributed by atoms with E-state index < -0.39 is 0 Å². The monoisotopic (exact) mass is 362 g/mol. The number of carbonyl (C=O) groups is 1. The molecule has 0 saturated heterocycles. The number of hydrogen-bond donors (Lipinski definition) is 2. The fourth-order valence-corrected chi connectivity index (χ4v) is 2.32. The lowest BCUT2D eigenvalue weighted by atomic mass is 10.1. The molecule has 0 unspecified atom stereocenters. The number of halogens is 1. The summed E-state index contributed by atoms with van der Waals surface area (Å²) < 4.78 is 5.67. The third-order valence-corrected chi connectivity index (χ3v) is 3.71. The minimum Gasteiger partial charge on any atom is -0.493 e. The predicted octanol–water partition coefficient (Wildman–Crippen LogP) is 4.01. The van der Waals surface area contributed by atoms with Crippen molar-refractivity contribution in [1.29, 1.82) is 0 Å². The summed E-state index contributed by atoms with van der Waals surface area (Å²) in [5.74, 6) is 1.30. The molecule has 0 fully saturated rings. The number of anilines is 1. The van der Waals surface area contributed by atoms with Gasteiger partial charge in [-0.1, -0.05) is 32.0 Å². The smallest absolute Gasteiger partial charge is 0.251 e. The first kappa shape index (κ1) is 20.8. The van der Waals surface area contributed by atoms with Gasteiger partial charge in [-0.3, -0.25) is 4.79 Å². The number of benzene rings is 2. The first-order valence-corrected chi connectivity index (χ1v) is 8.32. The van der Waals surface area contributed by atoms with Crippen molar-refractivity contribution in [3.05, 3.63) is 59.2 Å². The number of aryl methyl sites for hydroxylation is 1. The van der Waals surface area contributed by atoms with E-state index in [4.69, 9.17) is 10.5 Å². The fraction of sp³-hybridized carbons (Fsp3) is 0.350. The maximum Gasteiger partial charge on any atom is 0.251 e. The van der Waals surface area contributed by atoms with Gasteiger partial charge in [0.15, 0.2) is 0 Å². The topological polar surface area (TPSA) is 64.4 Å². The van der Waals surface area contributed by atoms with E-state index in [0.717, 1.165) is 29.9 Å². The van der Waals surface area contributed by atoms with E-state index in [1.165, 1.54) is 0 Å². The van der Waals surface area contributed by atoms with Crippen LogP contribution in [-0.4, -0.2) is 19.1 Å². The SMILES string of the molecule is Cc1ccc(N)cc1C(=O)NCCc1ccc(OCC(C)C)cc1.Cl. The van der Waals surface area contributed by atoms with Crippen LogP contribution in [0, 0.1) is 12.8 Å². The second kappa shape index (κ2) is 9.94. The van der Waals surface area contributed by atoms with Gasteiger partial charge in [0, 0.05) is 17.8 Å². The average molecular weight is 363 g/mol. The van der Waals surface area contributed by atoms with Crippen molar-refractivity contribution in [3.8, 4) is 5.75 Å². The lowest BCUT2D eigenvalue weighted by molar-refractivity contribution is 0.0953. The third kappa shape index (κ3) is 6.67. The molecule has 0 radical (unpaired) electrons. The van der Waals surface area contributed by atoms with Crippen molar-refractivity contribution < 1.29 is 9.53 Å². The number of amides is 1. The molecule has 4 nitrogen and oxygen atoms in total. The van der Waals surface area contributed by atoms with E-state index in [0.29, 0.717) is 23.7 Å².